The second-order valence-corrected chi connectivity index (χ2v) is 4.60. The molecule has 0 aliphatic carbocycles. The van der Waals surface area contributed by atoms with Crippen molar-refractivity contribution in [2.45, 2.75) is 38.4 Å². The number of rotatable bonds is 1. The largest absolute Gasteiger partial charge is 0.305 e. The van der Waals surface area contributed by atoms with Crippen LogP contribution in [0.4, 0.5) is 4.39 Å². The first kappa shape index (κ1) is 13.5. The number of aryl methyl sites for hydroxylation is 1. The molecule has 1 aromatic carbocycles. The van der Waals surface area contributed by atoms with Gasteiger partial charge in [-0.15, -0.1) is 12.4 Å². The standard InChI is InChI=1S/C13H18FN.ClH/c1-10-5-7-11(8-6-10)13(2)12(14)4-3-9-15-13;/h5-8,12,15H,3-4,9H2,1-2H3;1H. The minimum Gasteiger partial charge on any atom is -0.305 e. The third kappa shape index (κ3) is 2.38. The molecule has 0 radical (unpaired) electrons. The molecule has 0 saturated carbocycles. The lowest BCUT2D eigenvalue weighted by molar-refractivity contribution is 0.121. The summed E-state index contributed by atoms with van der Waals surface area (Å²) < 4.78 is 14.0. The molecular weight excluding hydrogens is 225 g/mol. The third-order valence-corrected chi connectivity index (χ3v) is 3.40. The number of alkyl halides is 1. The highest BCUT2D eigenvalue weighted by Gasteiger charge is 2.37. The summed E-state index contributed by atoms with van der Waals surface area (Å²) in [6.07, 6.45) is 0.814. The van der Waals surface area contributed by atoms with Gasteiger partial charge in [-0.1, -0.05) is 29.8 Å². The summed E-state index contributed by atoms with van der Waals surface area (Å²) in [7, 11) is 0. The fourth-order valence-corrected chi connectivity index (χ4v) is 2.21. The van der Waals surface area contributed by atoms with E-state index in [0.29, 0.717) is 6.42 Å². The topological polar surface area (TPSA) is 12.0 Å². The van der Waals surface area contributed by atoms with Crippen LogP contribution in [0.5, 0.6) is 0 Å². The van der Waals surface area contributed by atoms with Gasteiger partial charge in [0.05, 0.1) is 5.54 Å². The highest BCUT2D eigenvalue weighted by atomic mass is 35.5. The Hall–Kier alpha value is -0.600. The quantitative estimate of drug-likeness (QED) is 0.798. The second-order valence-electron chi connectivity index (χ2n) is 4.60. The highest BCUT2D eigenvalue weighted by molar-refractivity contribution is 5.85. The van der Waals surface area contributed by atoms with Crippen LogP contribution in [0, 0.1) is 6.92 Å². The molecule has 0 spiro atoms. The molecule has 90 valence electrons. The van der Waals surface area contributed by atoms with Gasteiger partial charge in [0.15, 0.2) is 0 Å². The summed E-state index contributed by atoms with van der Waals surface area (Å²) in [6.45, 7) is 4.92. The summed E-state index contributed by atoms with van der Waals surface area (Å²) in [5.41, 5.74) is 1.78. The molecule has 2 unspecified atom stereocenters. The van der Waals surface area contributed by atoms with E-state index in [-0.39, 0.29) is 12.4 Å². The van der Waals surface area contributed by atoms with Crippen molar-refractivity contribution >= 4 is 12.4 Å². The van der Waals surface area contributed by atoms with Gasteiger partial charge in [0.1, 0.15) is 6.17 Å². The second kappa shape index (κ2) is 5.15. The molecule has 2 atom stereocenters. The lowest BCUT2D eigenvalue weighted by Gasteiger charge is -2.38. The van der Waals surface area contributed by atoms with E-state index in [1.54, 1.807) is 0 Å². The van der Waals surface area contributed by atoms with Crippen LogP contribution >= 0.6 is 12.4 Å². The maximum atomic E-state index is 14.0. The predicted octanol–water partition coefficient (Wildman–Crippen LogP) is 3.35. The number of hydrogen-bond acceptors (Lipinski definition) is 1. The van der Waals surface area contributed by atoms with E-state index in [0.717, 1.165) is 18.5 Å². The van der Waals surface area contributed by atoms with E-state index >= 15 is 0 Å². The first-order chi connectivity index (χ1) is 7.13. The molecule has 1 aromatic rings. The normalized spacial score (nSPS) is 29.6. The van der Waals surface area contributed by atoms with E-state index < -0.39 is 11.7 Å². The lowest BCUT2D eigenvalue weighted by Crippen LogP contribution is -2.51. The Morgan fingerprint density at radius 3 is 2.50 bits per heavy atom. The zero-order valence-electron chi connectivity index (χ0n) is 9.79. The Bertz CT molecular complexity index is 338. The number of halogens is 2. The van der Waals surface area contributed by atoms with Crippen LogP contribution in [0.2, 0.25) is 0 Å². The number of nitrogens with one attached hydrogen (secondary N) is 1. The zero-order valence-corrected chi connectivity index (χ0v) is 10.6. The summed E-state index contributed by atoms with van der Waals surface area (Å²) in [4.78, 5) is 0. The van der Waals surface area contributed by atoms with Crippen molar-refractivity contribution in [2.75, 3.05) is 6.54 Å². The molecule has 1 aliphatic heterocycles. The van der Waals surface area contributed by atoms with Gasteiger partial charge in [-0.2, -0.15) is 0 Å². The van der Waals surface area contributed by atoms with Gasteiger partial charge in [-0.25, -0.2) is 4.39 Å². The Labute approximate surface area is 103 Å². The minimum absolute atomic E-state index is 0. The van der Waals surface area contributed by atoms with E-state index in [4.69, 9.17) is 0 Å². The van der Waals surface area contributed by atoms with Crippen molar-refractivity contribution in [3.8, 4) is 0 Å². The molecule has 1 saturated heterocycles. The van der Waals surface area contributed by atoms with Crippen molar-refractivity contribution in [2.24, 2.45) is 0 Å². The number of benzene rings is 1. The number of hydrogen-bond donors (Lipinski definition) is 1. The molecule has 0 amide bonds. The van der Waals surface area contributed by atoms with Crippen LogP contribution in [0.25, 0.3) is 0 Å². The molecule has 1 aliphatic rings. The van der Waals surface area contributed by atoms with Gasteiger partial charge in [0.2, 0.25) is 0 Å². The van der Waals surface area contributed by atoms with E-state index in [9.17, 15) is 4.39 Å². The summed E-state index contributed by atoms with van der Waals surface area (Å²) in [5.74, 6) is 0. The maximum Gasteiger partial charge on any atom is 0.122 e. The van der Waals surface area contributed by atoms with Crippen LogP contribution in [0.15, 0.2) is 24.3 Å². The average molecular weight is 244 g/mol. The van der Waals surface area contributed by atoms with Crippen LogP contribution in [-0.2, 0) is 5.54 Å². The van der Waals surface area contributed by atoms with Crippen molar-refractivity contribution in [3.63, 3.8) is 0 Å². The monoisotopic (exact) mass is 243 g/mol. The minimum atomic E-state index is -0.783. The van der Waals surface area contributed by atoms with Crippen molar-refractivity contribution in [3.05, 3.63) is 35.4 Å². The highest BCUT2D eigenvalue weighted by Crippen LogP contribution is 2.32. The van der Waals surface area contributed by atoms with Crippen molar-refractivity contribution in [1.82, 2.24) is 5.32 Å². The first-order valence-corrected chi connectivity index (χ1v) is 5.59. The maximum absolute atomic E-state index is 14.0. The van der Waals surface area contributed by atoms with Crippen LogP contribution < -0.4 is 5.32 Å². The predicted molar refractivity (Wildman–Crippen MR) is 67.9 cm³/mol. The van der Waals surface area contributed by atoms with Crippen molar-refractivity contribution in [1.29, 1.82) is 0 Å². The molecule has 1 fully saturated rings. The fourth-order valence-electron chi connectivity index (χ4n) is 2.21. The SMILES string of the molecule is Cc1ccc(C2(C)NCCCC2F)cc1.Cl. The molecule has 1 N–H and O–H groups in total. The Morgan fingerprint density at radius 2 is 1.94 bits per heavy atom. The van der Waals surface area contributed by atoms with Crippen LogP contribution in [0.3, 0.4) is 0 Å². The van der Waals surface area contributed by atoms with Crippen LogP contribution in [-0.4, -0.2) is 12.7 Å². The Kier molecular flexibility index (Phi) is 4.34. The smallest absolute Gasteiger partial charge is 0.122 e. The number of piperidine rings is 1. The Balaban J connectivity index is 0.00000128. The van der Waals surface area contributed by atoms with E-state index in [1.807, 2.05) is 38.1 Å². The molecule has 16 heavy (non-hydrogen) atoms. The van der Waals surface area contributed by atoms with E-state index in [1.165, 1.54) is 5.56 Å². The van der Waals surface area contributed by atoms with Crippen molar-refractivity contribution < 1.29 is 4.39 Å². The van der Waals surface area contributed by atoms with Gasteiger partial charge >= 0.3 is 0 Å². The van der Waals surface area contributed by atoms with Crippen LogP contribution in [0.1, 0.15) is 30.9 Å². The fraction of sp³-hybridized carbons (Fsp3) is 0.538. The van der Waals surface area contributed by atoms with Gasteiger partial charge in [0, 0.05) is 0 Å². The first-order valence-electron chi connectivity index (χ1n) is 5.59. The lowest BCUT2D eigenvalue weighted by atomic mass is 9.82. The molecule has 2 rings (SSSR count). The summed E-state index contributed by atoms with van der Waals surface area (Å²) in [6, 6.07) is 8.15. The van der Waals surface area contributed by atoms with Gasteiger partial charge < -0.3 is 5.32 Å². The third-order valence-electron chi connectivity index (χ3n) is 3.40. The molecule has 3 heteroatoms. The van der Waals surface area contributed by atoms with Gasteiger partial charge in [0.25, 0.3) is 0 Å². The zero-order chi connectivity index (χ0) is 10.9. The van der Waals surface area contributed by atoms with E-state index in [2.05, 4.69) is 5.32 Å². The molecule has 1 heterocycles. The summed E-state index contributed by atoms with van der Waals surface area (Å²) in [5, 5.41) is 3.31. The van der Waals surface area contributed by atoms with Gasteiger partial charge in [-0.05, 0) is 38.8 Å². The molecule has 0 bridgehead atoms. The molecule has 1 nitrogen and oxygen atoms in total. The molecular formula is C13H19ClFN. The average Bonchev–Trinajstić information content (AvgIpc) is 2.23. The Morgan fingerprint density at radius 1 is 1.31 bits per heavy atom. The summed E-state index contributed by atoms with van der Waals surface area (Å²) >= 11 is 0. The molecule has 0 aromatic heterocycles. The van der Waals surface area contributed by atoms with Gasteiger partial charge in [-0.3, -0.25) is 0 Å².